The zero-order chi connectivity index (χ0) is 10.8. The van der Waals surface area contributed by atoms with Crippen molar-refractivity contribution < 1.29 is 0 Å². The minimum absolute atomic E-state index is 1.29. The molecule has 0 fully saturated rings. The molecule has 0 aliphatic rings. The third-order valence-corrected chi connectivity index (χ3v) is 2.36. The molecule has 14 heavy (non-hydrogen) atoms. The molecule has 0 radical (unpaired) electrons. The molecule has 0 unspecified atom stereocenters. The third-order valence-electron chi connectivity index (χ3n) is 2.36. The van der Waals surface area contributed by atoms with Gasteiger partial charge in [-0.05, 0) is 39.5 Å². The van der Waals surface area contributed by atoms with E-state index in [1.54, 1.807) is 5.57 Å². The van der Waals surface area contributed by atoms with E-state index in [2.05, 4.69) is 39.8 Å². The van der Waals surface area contributed by atoms with Gasteiger partial charge in [0.15, 0.2) is 0 Å². The van der Waals surface area contributed by atoms with E-state index in [0.717, 1.165) is 0 Å². The predicted molar refractivity (Wildman–Crippen MR) is 66.6 cm³/mol. The van der Waals surface area contributed by atoms with Gasteiger partial charge < -0.3 is 0 Å². The van der Waals surface area contributed by atoms with Crippen molar-refractivity contribution in [3.8, 4) is 0 Å². The van der Waals surface area contributed by atoms with Crippen LogP contribution in [0.25, 0.3) is 0 Å². The lowest BCUT2D eigenvalue weighted by Crippen LogP contribution is -1.84. The van der Waals surface area contributed by atoms with E-state index >= 15 is 0 Å². The first-order valence-electron chi connectivity index (χ1n) is 6.03. The normalized spacial score (nSPS) is 9.71. The molecular weight excluding hydrogens is 168 g/mol. The van der Waals surface area contributed by atoms with E-state index in [9.17, 15) is 0 Å². The van der Waals surface area contributed by atoms with E-state index in [1.807, 2.05) is 0 Å². The van der Waals surface area contributed by atoms with Crippen molar-refractivity contribution in [2.75, 3.05) is 0 Å². The van der Waals surface area contributed by atoms with Crippen LogP contribution in [0.5, 0.6) is 0 Å². The highest BCUT2D eigenvalue weighted by Crippen LogP contribution is 2.15. The van der Waals surface area contributed by atoms with E-state index in [-0.39, 0.29) is 0 Å². The van der Waals surface area contributed by atoms with E-state index in [4.69, 9.17) is 0 Å². The molecule has 0 aliphatic heterocycles. The highest BCUT2D eigenvalue weighted by atomic mass is 14.0. The van der Waals surface area contributed by atoms with Gasteiger partial charge in [0.25, 0.3) is 0 Å². The summed E-state index contributed by atoms with van der Waals surface area (Å²) in [7, 11) is 0. The molecular formula is C14H26. The molecule has 0 rings (SSSR count). The largest absolute Gasteiger partial charge is 0.0764 e. The molecule has 0 atom stereocenters. The van der Waals surface area contributed by atoms with Crippen LogP contribution < -0.4 is 0 Å². The highest BCUT2D eigenvalue weighted by Gasteiger charge is 1.95. The fourth-order valence-electron chi connectivity index (χ4n) is 1.38. The maximum absolute atomic E-state index is 2.33. The number of hydrogen-bond acceptors (Lipinski definition) is 0. The van der Waals surface area contributed by atoms with Gasteiger partial charge in [0, 0.05) is 0 Å². The lowest BCUT2D eigenvalue weighted by atomic mass is 10.0. The summed E-state index contributed by atoms with van der Waals surface area (Å²) in [5.41, 5.74) is 3.03. The maximum Gasteiger partial charge on any atom is -0.0317 e. The van der Waals surface area contributed by atoms with Gasteiger partial charge in [-0.1, -0.05) is 50.0 Å². The van der Waals surface area contributed by atoms with Crippen molar-refractivity contribution in [1.29, 1.82) is 0 Å². The molecule has 0 spiro atoms. The van der Waals surface area contributed by atoms with Crippen LogP contribution in [0.1, 0.15) is 66.2 Å². The topological polar surface area (TPSA) is 0 Å². The van der Waals surface area contributed by atoms with Gasteiger partial charge in [-0.25, -0.2) is 0 Å². The lowest BCUT2D eigenvalue weighted by Gasteiger charge is -2.04. The summed E-state index contributed by atoms with van der Waals surface area (Å²) in [6.07, 6.45) is 12.5. The molecule has 0 amide bonds. The molecule has 0 saturated heterocycles. The first-order valence-corrected chi connectivity index (χ1v) is 6.03. The van der Waals surface area contributed by atoms with Gasteiger partial charge in [-0.15, -0.1) is 0 Å². The second-order valence-corrected chi connectivity index (χ2v) is 4.28. The monoisotopic (exact) mass is 194 g/mol. The summed E-state index contributed by atoms with van der Waals surface area (Å²) in [6, 6.07) is 0. The van der Waals surface area contributed by atoms with Gasteiger partial charge >= 0.3 is 0 Å². The van der Waals surface area contributed by atoms with Gasteiger partial charge in [-0.2, -0.15) is 0 Å². The Morgan fingerprint density at radius 2 is 1.36 bits per heavy atom. The second kappa shape index (κ2) is 9.05. The highest BCUT2D eigenvalue weighted by molar-refractivity contribution is 5.15. The Kier molecular flexibility index (Phi) is 8.72. The number of hydrogen-bond donors (Lipinski definition) is 0. The Labute approximate surface area is 90.1 Å². The molecule has 0 heterocycles. The van der Waals surface area contributed by atoms with Gasteiger partial charge in [0.2, 0.25) is 0 Å². The van der Waals surface area contributed by atoms with E-state index in [1.165, 1.54) is 44.1 Å². The van der Waals surface area contributed by atoms with Crippen molar-refractivity contribution in [3.05, 3.63) is 23.3 Å². The molecule has 0 nitrogen and oxygen atoms in total. The second-order valence-electron chi connectivity index (χ2n) is 4.28. The van der Waals surface area contributed by atoms with Crippen LogP contribution in [0.3, 0.4) is 0 Å². The van der Waals surface area contributed by atoms with Crippen LogP contribution in [-0.2, 0) is 0 Å². The van der Waals surface area contributed by atoms with Crippen LogP contribution in [0.4, 0.5) is 0 Å². The Bertz CT molecular complexity index is 170. The summed E-state index contributed by atoms with van der Waals surface area (Å²) in [6.45, 7) is 8.85. The summed E-state index contributed by atoms with van der Waals surface area (Å²) < 4.78 is 0. The van der Waals surface area contributed by atoms with Crippen molar-refractivity contribution in [3.63, 3.8) is 0 Å². The van der Waals surface area contributed by atoms with Crippen LogP contribution in [-0.4, -0.2) is 0 Å². The predicted octanol–water partition coefficient (Wildman–Crippen LogP) is 5.26. The Morgan fingerprint density at radius 1 is 0.857 bits per heavy atom. The molecule has 82 valence electrons. The standard InChI is InChI=1S/C14H26/c1-5-7-9-14(10-8-6-2)12-11-13(3)4/h11-12H,5-10H2,1-4H3. The van der Waals surface area contributed by atoms with Crippen molar-refractivity contribution in [2.45, 2.75) is 66.2 Å². The first-order chi connectivity index (χ1) is 6.70. The van der Waals surface area contributed by atoms with Gasteiger partial charge in [0.1, 0.15) is 0 Å². The smallest absolute Gasteiger partial charge is 0.0317 e. The van der Waals surface area contributed by atoms with Crippen molar-refractivity contribution >= 4 is 0 Å². The molecule has 0 saturated carbocycles. The fraction of sp³-hybridized carbons (Fsp3) is 0.714. The average molecular weight is 194 g/mol. The minimum atomic E-state index is 1.29. The molecule has 0 N–H and O–H groups in total. The van der Waals surface area contributed by atoms with E-state index < -0.39 is 0 Å². The summed E-state index contributed by atoms with van der Waals surface area (Å²) in [5, 5.41) is 0. The van der Waals surface area contributed by atoms with Crippen LogP contribution in [0.15, 0.2) is 23.3 Å². The Morgan fingerprint density at radius 3 is 1.71 bits per heavy atom. The molecule has 0 aromatic heterocycles. The SMILES string of the molecule is CCCCC(=CC=C(C)C)CCCC. The Hall–Kier alpha value is -0.520. The zero-order valence-electron chi connectivity index (χ0n) is 10.4. The molecule has 0 aromatic carbocycles. The maximum atomic E-state index is 2.33. The first kappa shape index (κ1) is 13.5. The quantitative estimate of drug-likeness (QED) is 0.485. The number of allylic oxidation sites excluding steroid dienone is 4. The molecule has 0 aromatic rings. The van der Waals surface area contributed by atoms with Gasteiger partial charge in [-0.3, -0.25) is 0 Å². The van der Waals surface area contributed by atoms with Crippen molar-refractivity contribution in [2.24, 2.45) is 0 Å². The van der Waals surface area contributed by atoms with Crippen LogP contribution in [0, 0.1) is 0 Å². The fourth-order valence-corrected chi connectivity index (χ4v) is 1.38. The average Bonchev–Trinajstić information content (AvgIpc) is 2.16. The number of rotatable bonds is 7. The third kappa shape index (κ3) is 8.10. The Balaban J connectivity index is 4.08. The summed E-state index contributed by atoms with van der Waals surface area (Å²) in [5.74, 6) is 0. The summed E-state index contributed by atoms with van der Waals surface area (Å²) >= 11 is 0. The molecule has 0 heteroatoms. The van der Waals surface area contributed by atoms with Crippen LogP contribution in [0.2, 0.25) is 0 Å². The van der Waals surface area contributed by atoms with Gasteiger partial charge in [0.05, 0.1) is 0 Å². The number of unbranched alkanes of at least 4 members (excludes halogenated alkanes) is 2. The zero-order valence-corrected chi connectivity index (χ0v) is 10.4. The molecule has 0 aliphatic carbocycles. The molecule has 0 bridgehead atoms. The van der Waals surface area contributed by atoms with Crippen molar-refractivity contribution in [1.82, 2.24) is 0 Å². The lowest BCUT2D eigenvalue weighted by molar-refractivity contribution is 0.713. The summed E-state index contributed by atoms with van der Waals surface area (Å²) in [4.78, 5) is 0. The minimum Gasteiger partial charge on any atom is -0.0764 e. The van der Waals surface area contributed by atoms with Crippen LogP contribution >= 0.6 is 0 Å². The van der Waals surface area contributed by atoms with E-state index in [0.29, 0.717) is 0 Å².